The number of nitrogens with one attached hydrogen (secondary N) is 1. The molecular weight excluding hydrogens is 170 g/mol. The highest BCUT2D eigenvalue weighted by atomic mass is 16.3. The minimum Gasteiger partial charge on any atom is -0.385 e. The smallest absolute Gasteiger partial charge is 0.163 e. The molecule has 68 valence electrons. The molecule has 0 radical (unpaired) electrons. The van der Waals surface area contributed by atoms with E-state index in [2.05, 4.69) is 19.9 Å². The molecule has 2 aromatic heterocycles. The number of nitrogen functional groups attached to an aromatic ring is 1. The molecule has 4 N–H and O–H groups in total. The van der Waals surface area contributed by atoms with Crippen LogP contribution in [0, 0.1) is 0 Å². The number of nitrogens with zero attached hydrogens (tertiary/aromatic N) is 3. The molecule has 0 fully saturated rings. The van der Waals surface area contributed by atoms with Crippen LogP contribution in [0.25, 0.3) is 11.2 Å². The fraction of sp³-hybridized carbons (Fsp3) is 0.286. The van der Waals surface area contributed by atoms with Crippen molar-refractivity contribution in [3.05, 3.63) is 12.2 Å². The van der Waals surface area contributed by atoms with Gasteiger partial charge in [-0.2, -0.15) is 0 Å². The van der Waals surface area contributed by atoms with E-state index >= 15 is 0 Å². The van der Waals surface area contributed by atoms with Crippen molar-refractivity contribution < 1.29 is 5.11 Å². The molecule has 0 bridgehead atoms. The molecule has 0 aromatic carbocycles. The summed E-state index contributed by atoms with van der Waals surface area (Å²) in [5.74, 6) is 0.580. The van der Waals surface area contributed by atoms with E-state index in [1.54, 1.807) is 6.92 Å². The fourth-order valence-electron chi connectivity index (χ4n) is 1.06. The fourth-order valence-corrected chi connectivity index (χ4v) is 1.06. The number of nitrogens with two attached hydrogens (primary N) is 1. The number of rotatable bonds is 1. The van der Waals surface area contributed by atoms with E-state index in [1.165, 1.54) is 6.33 Å². The van der Waals surface area contributed by atoms with Gasteiger partial charge in [0.05, 0.1) is 6.33 Å². The van der Waals surface area contributed by atoms with Crippen molar-refractivity contribution in [1.82, 2.24) is 19.9 Å². The molecule has 6 heteroatoms. The van der Waals surface area contributed by atoms with Gasteiger partial charge in [-0.25, -0.2) is 15.0 Å². The molecule has 1 atom stereocenters. The number of aliphatic hydroxyl groups excluding tert-OH is 1. The van der Waals surface area contributed by atoms with Gasteiger partial charge in [-0.15, -0.1) is 0 Å². The maximum absolute atomic E-state index is 9.23. The van der Waals surface area contributed by atoms with Crippen molar-refractivity contribution in [2.45, 2.75) is 13.0 Å². The van der Waals surface area contributed by atoms with Gasteiger partial charge in [-0.1, -0.05) is 0 Å². The van der Waals surface area contributed by atoms with Crippen molar-refractivity contribution in [3.63, 3.8) is 0 Å². The summed E-state index contributed by atoms with van der Waals surface area (Å²) in [6.45, 7) is 1.58. The lowest BCUT2D eigenvalue weighted by Crippen LogP contribution is -2.03. The zero-order valence-corrected chi connectivity index (χ0v) is 7.02. The molecular formula is C7H9N5O. The number of aromatic nitrogens is 4. The van der Waals surface area contributed by atoms with Crippen LogP contribution in [-0.4, -0.2) is 25.0 Å². The zero-order chi connectivity index (χ0) is 9.42. The van der Waals surface area contributed by atoms with Crippen molar-refractivity contribution in [3.8, 4) is 0 Å². The maximum atomic E-state index is 9.23. The summed E-state index contributed by atoms with van der Waals surface area (Å²) >= 11 is 0. The second kappa shape index (κ2) is 2.67. The Bertz CT molecular complexity index is 435. The van der Waals surface area contributed by atoms with Gasteiger partial charge in [0.1, 0.15) is 11.6 Å². The molecule has 0 amide bonds. The van der Waals surface area contributed by atoms with Crippen molar-refractivity contribution >= 4 is 17.0 Å². The second-order valence-electron chi connectivity index (χ2n) is 2.74. The Hall–Kier alpha value is -1.69. The van der Waals surface area contributed by atoms with Gasteiger partial charge in [0.15, 0.2) is 17.3 Å². The molecule has 0 aliphatic carbocycles. The first-order valence-electron chi connectivity index (χ1n) is 3.83. The number of fused-ring (bicyclic) bond motifs is 1. The predicted octanol–water partition coefficient (Wildman–Crippen LogP) is -0.0116. The zero-order valence-electron chi connectivity index (χ0n) is 7.02. The van der Waals surface area contributed by atoms with Gasteiger partial charge in [0.25, 0.3) is 0 Å². The molecule has 13 heavy (non-hydrogen) atoms. The molecule has 2 aromatic rings. The Morgan fingerprint density at radius 2 is 2.31 bits per heavy atom. The van der Waals surface area contributed by atoms with Gasteiger partial charge in [0.2, 0.25) is 0 Å². The summed E-state index contributed by atoms with van der Waals surface area (Å²) in [6.07, 6.45) is 0.761. The summed E-state index contributed by atoms with van der Waals surface area (Å²) in [4.78, 5) is 14.7. The van der Waals surface area contributed by atoms with Crippen LogP contribution in [-0.2, 0) is 0 Å². The van der Waals surface area contributed by atoms with Crippen LogP contribution in [0.2, 0.25) is 0 Å². The highest BCUT2D eigenvalue weighted by Crippen LogP contribution is 2.15. The number of hydrogen-bond acceptors (Lipinski definition) is 5. The second-order valence-corrected chi connectivity index (χ2v) is 2.74. The Morgan fingerprint density at radius 3 is 3.00 bits per heavy atom. The van der Waals surface area contributed by atoms with Crippen LogP contribution < -0.4 is 5.73 Å². The quantitative estimate of drug-likeness (QED) is 0.571. The largest absolute Gasteiger partial charge is 0.385 e. The highest BCUT2D eigenvalue weighted by molar-refractivity contribution is 5.80. The van der Waals surface area contributed by atoms with Gasteiger partial charge in [-0.3, -0.25) is 0 Å². The van der Waals surface area contributed by atoms with Crippen molar-refractivity contribution in [2.24, 2.45) is 0 Å². The van der Waals surface area contributed by atoms with E-state index in [0.717, 1.165) is 0 Å². The van der Waals surface area contributed by atoms with Crippen LogP contribution in [0.4, 0.5) is 5.82 Å². The lowest BCUT2D eigenvalue weighted by Gasteiger charge is -2.02. The van der Waals surface area contributed by atoms with Crippen LogP contribution in [0.5, 0.6) is 0 Å². The first-order chi connectivity index (χ1) is 6.18. The lowest BCUT2D eigenvalue weighted by molar-refractivity contribution is 0.189. The highest BCUT2D eigenvalue weighted by Gasteiger charge is 2.10. The average Bonchev–Trinajstić information content (AvgIpc) is 2.51. The SMILES string of the molecule is CC(O)c1nc(N)c2nc[nH]c2n1. The van der Waals surface area contributed by atoms with E-state index in [-0.39, 0.29) is 5.82 Å². The molecule has 0 spiro atoms. The number of aliphatic hydroxyl groups is 1. The Kier molecular flexibility index (Phi) is 1.63. The first kappa shape index (κ1) is 7.93. The standard InChI is InChI=1S/C7H9N5O/c1-3(13)6-11-5(8)4-7(12-6)10-2-9-4/h2-3,13H,1H3,(H3,8,9,10,11,12). The molecule has 6 nitrogen and oxygen atoms in total. The normalized spacial score (nSPS) is 13.4. The van der Waals surface area contributed by atoms with Gasteiger partial charge >= 0.3 is 0 Å². The molecule has 2 heterocycles. The average molecular weight is 179 g/mol. The number of hydrogen-bond donors (Lipinski definition) is 3. The molecule has 1 unspecified atom stereocenters. The molecule has 0 saturated carbocycles. The van der Waals surface area contributed by atoms with Crippen LogP contribution in [0.3, 0.4) is 0 Å². The monoisotopic (exact) mass is 179 g/mol. The number of aromatic amines is 1. The number of imidazole rings is 1. The topological polar surface area (TPSA) is 101 Å². The summed E-state index contributed by atoms with van der Waals surface area (Å²) in [5.41, 5.74) is 6.67. The van der Waals surface area contributed by atoms with Crippen LogP contribution in [0.1, 0.15) is 18.9 Å². The van der Waals surface area contributed by atoms with E-state index < -0.39 is 6.10 Å². The summed E-state index contributed by atoms with van der Waals surface area (Å²) in [6, 6.07) is 0. The van der Waals surface area contributed by atoms with Crippen LogP contribution in [0.15, 0.2) is 6.33 Å². The van der Waals surface area contributed by atoms with E-state index in [0.29, 0.717) is 17.0 Å². The Morgan fingerprint density at radius 1 is 1.54 bits per heavy atom. The predicted molar refractivity (Wildman–Crippen MR) is 46.7 cm³/mol. The Labute approximate surface area is 73.8 Å². The first-order valence-corrected chi connectivity index (χ1v) is 3.83. The minimum atomic E-state index is -0.727. The molecule has 0 saturated heterocycles. The third-order valence-corrected chi connectivity index (χ3v) is 1.70. The molecule has 0 aliphatic rings. The van der Waals surface area contributed by atoms with Crippen molar-refractivity contribution in [2.75, 3.05) is 5.73 Å². The summed E-state index contributed by atoms with van der Waals surface area (Å²) in [5, 5.41) is 9.23. The summed E-state index contributed by atoms with van der Waals surface area (Å²) < 4.78 is 0. The minimum absolute atomic E-state index is 0.280. The number of H-pyrrole nitrogens is 1. The van der Waals surface area contributed by atoms with E-state index in [4.69, 9.17) is 5.73 Å². The molecule has 0 aliphatic heterocycles. The maximum Gasteiger partial charge on any atom is 0.163 e. The van der Waals surface area contributed by atoms with Gasteiger partial charge < -0.3 is 15.8 Å². The van der Waals surface area contributed by atoms with E-state index in [1.807, 2.05) is 0 Å². The van der Waals surface area contributed by atoms with Gasteiger partial charge in [0, 0.05) is 0 Å². The third-order valence-electron chi connectivity index (χ3n) is 1.70. The number of anilines is 1. The van der Waals surface area contributed by atoms with Crippen molar-refractivity contribution in [1.29, 1.82) is 0 Å². The van der Waals surface area contributed by atoms with Gasteiger partial charge in [-0.05, 0) is 6.92 Å². The lowest BCUT2D eigenvalue weighted by atomic mass is 10.3. The molecule has 2 rings (SSSR count). The summed E-state index contributed by atoms with van der Waals surface area (Å²) in [7, 11) is 0. The third kappa shape index (κ3) is 1.20. The van der Waals surface area contributed by atoms with E-state index in [9.17, 15) is 5.11 Å². The van der Waals surface area contributed by atoms with Crippen LogP contribution >= 0.6 is 0 Å². The Balaban J connectivity index is 2.70.